The van der Waals surface area contributed by atoms with Gasteiger partial charge in [0.1, 0.15) is 17.5 Å². The van der Waals surface area contributed by atoms with Crippen LogP contribution in [-0.4, -0.2) is 21.4 Å². The monoisotopic (exact) mass is 367 g/mol. The minimum Gasteiger partial charge on any atom is -0.306 e. The van der Waals surface area contributed by atoms with Crippen LogP contribution in [0.25, 0.3) is 11.4 Å². The Morgan fingerprint density at radius 3 is 2.52 bits per heavy atom. The molecule has 4 nitrogen and oxygen atoms in total. The third kappa shape index (κ3) is 3.80. The van der Waals surface area contributed by atoms with E-state index in [0.717, 1.165) is 22.9 Å². The van der Waals surface area contributed by atoms with Gasteiger partial charge < -0.3 is 4.98 Å². The number of halogens is 2. The van der Waals surface area contributed by atoms with Crippen molar-refractivity contribution in [2.24, 2.45) is 0 Å². The van der Waals surface area contributed by atoms with E-state index in [4.69, 9.17) is 0 Å². The minimum atomic E-state index is -0.585. The zero-order valence-corrected chi connectivity index (χ0v) is 14.9. The molecule has 0 fully saturated rings. The van der Waals surface area contributed by atoms with Gasteiger partial charge in [0, 0.05) is 36.8 Å². The Bertz CT molecular complexity index is 1020. The number of benzene rings is 2. The molecule has 1 aromatic heterocycles. The molecule has 2 aromatic carbocycles. The number of hydrogen-bond donors (Lipinski definition) is 1. The van der Waals surface area contributed by atoms with Gasteiger partial charge in [0.15, 0.2) is 0 Å². The molecule has 0 spiro atoms. The van der Waals surface area contributed by atoms with Crippen molar-refractivity contribution in [3.8, 4) is 11.4 Å². The van der Waals surface area contributed by atoms with Crippen molar-refractivity contribution in [2.45, 2.75) is 26.4 Å². The number of fused-ring (bicyclic) bond motifs is 1. The van der Waals surface area contributed by atoms with Gasteiger partial charge in [-0.15, -0.1) is 0 Å². The van der Waals surface area contributed by atoms with E-state index in [1.165, 1.54) is 12.1 Å². The molecule has 0 saturated carbocycles. The number of aromatic amines is 1. The fourth-order valence-electron chi connectivity index (χ4n) is 3.44. The van der Waals surface area contributed by atoms with E-state index >= 15 is 0 Å². The van der Waals surface area contributed by atoms with Crippen molar-refractivity contribution in [3.63, 3.8) is 0 Å². The van der Waals surface area contributed by atoms with E-state index < -0.39 is 11.6 Å². The molecule has 0 radical (unpaired) electrons. The maximum Gasteiger partial charge on any atom is 0.254 e. The summed E-state index contributed by atoms with van der Waals surface area (Å²) in [5, 5.41) is 0. The summed E-state index contributed by atoms with van der Waals surface area (Å²) in [6, 6.07) is 11.3. The standard InChI is InChI=1S/C21H19F2N3O/c1-13-2-4-15(5-3-13)20-24-19-12-26(7-6-18(19)21(27)25-20)11-14-8-16(22)10-17(23)9-14/h2-5,8-10H,6-7,11-12H2,1H3,(H,24,25,27). The molecule has 0 unspecified atom stereocenters. The van der Waals surface area contributed by atoms with Crippen LogP contribution in [0, 0.1) is 18.6 Å². The van der Waals surface area contributed by atoms with Crippen LogP contribution in [0.4, 0.5) is 8.78 Å². The Morgan fingerprint density at radius 2 is 1.81 bits per heavy atom. The van der Waals surface area contributed by atoms with Gasteiger partial charge in [-0.2, -0.15) is 0 Å². The quantitative estimate of drug-likeness (QED) is 0.770. The predicted molar refractivity (Wildman–Crippen MR) is 99.2 cm³/mol. The average molecular weight is 367 g/mol. The summed E-state index contributed by atoms with van der Waals surface area (Å²) in [6.07, 6.45) is 0.559. The second kappa shape index (κ2) is 7.04. The number of nitrogens with one attached hydrogen (secondary N) is 1. The van der Waals surface area contributed by atoms with Gasteiger partial charge >= 0.3 is 0 Å². The molecule has 2 heterocycles. The molecular formula is C21H19F2N3O. The number of aromatic nitrogens is 2. The third-order valence-electron chi connectivity index (χ3n) is 4.81. The number of hydrogen-bond acceptors (Lipinski definition) is 3. The lowest BCUT2D eigenvalue weighted by molar-refractivity contribution is 0.240. The fraction of sp³-hybridized carbons (Fsp3) is 0.238. The zero-order chi connectivity index (χ0) is 19.0. The first-order chi connectivity index (χ1) is 13.0. The Balaban J connectivity index is 1.61. The smallest absolute Gasteiger partial charge is 0.254 e. The van der Waals surface area contributed by atoms with Crippen molar-refractivity contribution in [2.75, 3.05) is 6.54 Å². The maximum atomic E-state index is 13.4. The van der Waals surface area contributed by atoms with Gasteiger partial charge in [0.25, 0.3) is 5.56 Å². The molecule has 0 atom stereocenters. The lowest BCUT2D eigenvalue weighted by Gasteiger charge is -2.27. The Kier molecular flexibility index (Phi) is 4.58. The van der Waals surface area contributed by atoms with E-state index in [0.29, 0.717) is 43.0 Å². The highest BCUT2D eigenvalue weighted by atomic mass is 19.1. The molecule has 1 N–H and O–H groups in total. The van der Waals surface area contributed by atoms with Crippen LogP contribution in [0.2, 0.25) is 0 Å². The molecule has 0 amide bonds. The highest BCUT2D eigenvalue weighted by molar-refractivity contribution is 5.55. The predicted octanol–water partition coefficient (Wildman–Crippen LogP) is 3.58. The molecule has 6 heteroatoms. The Hall–Kier alpha value is -2.86. The molecule has 0 bridgehead atoms. The largest absolute Gasteiger partial charge is 0.306 e. The van der Waals surface area contributed by atoms with Crippen molar-refractivity contribution < 1.29 is 8.78 Å². The summed E-state index contributed by atoms with van der Waals surface area (Å²) in [6.45, 7) is 3.51. The zero-order valence-electron chi connectivity index (χ0n) is 14.9. The van der Waals surface area contributed by atoms with Gasteiger partial charge in [-0.05, 0) is 31.0 Å². The highest BCUT2D eigenvalue weighted by Gasteiger charge is 2.21. The first-order valence-electron chi connectivity index (χ1n) is 8.84. The number of aryl methyl sites for hydroxylation is 1. The van der Waals surface area contributed by atoms with Crippen LogP contribution in [0.1, 0.15) is 22.4 Å². The van der Waals surface area contributed by atoms with Gasteiger partial charge in [-0.1, -0.05) is 29.8 Å². The molecule has 3 aromatic rings. The Morgan fingerprint density at radius 1 is 1.11 bits per heavy atom. The summed E-state index contributed by atoms with van der Waals surface area (Å²) in [5.41, 5.74) is 3.84. The highest BCUT2D eigenvalue weighted by Crippen LogP contribution is 2.21. The van der Waals surface area contributed by atoms with Crippen molar-refractivity contribution >= 4 is 0 Å². The lowest BCUT2D eigenvalue weighted by Crippen LogP contribution is -2.35. The van der Waals surface area contributed by atoms with Gasteiger partial charge in [-0.25, -0.2) is 13.8 Å². The SMILES string of the molecule is Cc1ccc(-c2nc3c(c(=O)[nH]2)CCN(Cc2cc(F)cc(F)c2)C3)cc1. The van der Waals surface area contributed by atoms with Crippen LogP contribution in [0.3, 0.4) is 0 Å². The fourth-order valence-corrected chi connectivity index (χ4v) is 3.44. The summed E-state index contributed by atoms with van der Waals surface area (Å²) in [5.74, 6) is -0.630. The Labute approximate surface area is 155 Å². The summed E-state index contributed by atoms with van der Waals surface area (Å²) < 4.78 is 26.9. The average Bonchev–Trinajstić information content (AvgIpc) is 2.61. The molecule has 138 valence electrons. The summed E-state index contributed by atoms with van der Waals surface area (Å²) in [4.78, 5) is 22.0. The van der Waals surface area contributed by atoms with Gasteiger partial charge in [0.2, 0.25) is 0 Å². The van der Waals surface area contributed by atoms with Crippen LogP contribution in [0.5, 0.6) is 0 Å². The molecule has 1 aliphatic heterocycles. The number of H-pyrrole nitrogens is 1. The van der Waals surface area contributed by atoms with Crippen LogP contribution in [-0.2, 0) is 19.5 Å². The molecular weight excluding hydrogens is 348 g/mol. The van der Waals surface area contributed by atoms with Gasteiger partial charge in [-0.3, -0.25) is 9.69 Å². The topological polar surface area (TPSA) is 49.0 Å². The molecule has 0 aliphatic carbocycles. The number of nitrogens with zero attached hydrogens (tertiary/aromatic N) is 2. The van der Waals surface area contributed by atoms with Crippen molar-refractivity contribution in [1.82, 2.24) is 14.9 Å². The van der Waals surface area contributed by atoms with Gasteiger partial charge in [0.05, 0.1) is 5.69 Å². The first kappa shape index (κ1) is 17.5. The van der Waals surface area contributed by atoms with E-state index in [9.17, 15) is 13.6 Å². The van der Waals surface area contributed by atoms with Crippen molar-refractivity contribution in [1.29, 1.82) is 0 Å². The second-order valence-electron chi connectivity index (χ2n) is 6.94. The third-order valence-corrected chi connectivity index (χ3v) is 4.81. The second-order valence-corrected chi connectivity index (χ2v) is 6.94. The normalized spacial score (nSPS) is 14.2. The molecule has 0 saturated heterocycles. The van der Waals surface area contributed by atoms with Crippen LogP contribution in [0.15, 0.2) is 47.3 Å². The molecule has 4 rings (SSSR count). The van der Waals surface area contributed by atoms with Crippen LogP contribution < -0.4 is 5.56 Å². The lowest BCUT2D eigenvalue weighted by atomic mass is 10.0. The summed E-state index contributed by atoms with van der Waals surface area (Å²) >= 11 is 0. The molecule has 1 aliphatic rings. The van der Waals surface area contributed by atoms with Crippen molar-refractivity contribution in [3.05, 3.63) is 86.8 Å². The number of rotatable bonds is 3. The maximum absolute atomic E-state index is 13.4. The first-order valence-corrected chi connectivity index (χ1v) is 8.84. The van der Waals surface area contributed by atoms with Crippen LogP contribution >= 0.6 is 0 Å². The van der Waals surface area contributed by atoms with E-state index in [-0.39, 0.29) is 5.56 Å². The summed E-state index contributed by atoms with van der Waals surface area (Å²) in [7, 11) is 0. The van der Waals surface area contributed by atoms with E-state index in [1.54, 1.807) is 0 Å². The minimum absolute atomic E-state index is 0.118. The van der Waals surface area contributed by atoms with E-state index in [2.05, 4.69) is 9.97 Å². The van der Waals surface area contributed by atoms with E-state index in [1.807, 2.05) is 36.1 Å². The molecule has 27 heavy (non-hydrogen) atoms.